The molecule has 5 spiro atoms. The van der Waals surface area contributed by atoms with Gasteiger partial charge in [0.2, 0.25) is 17.4 Å². The maximum Gasteiger partial charge on any atom is 0.208 e. The lowest BCUT2D eigenvalue weighted by atomic mass is 9.33. The fraction of sp³-hybridized carbons (Fsp3) is 0.833. The van der Waals surface area contributed by atoms with Gasteiger partial charge in [0.25, 0.3) is 0 Å². The number of hydrogen-bond acceptors (Lipinski definition) is 13. The van der Waals surface area contributed by atoms with Gasteiger partial charge >= 0.3 is 0 Å². The average Bonchev–Trinajstić information content (AvgIpc) is 3.75. The summed E-state index contributed by atoms with van der Waals surface area (Å²) in [7, 11) is 0. The number of epoxide rings is 1. The molecule has 0 aromatic heterocycles. The number of hydrogen-bond donors (Lipinski definition) is 6. The van der Waals surface area contributed by atoms with Crippen molar-refractivity contribution in [2.45, 2.75) is 132 Å². The second-order valence-electron chi connectivity index (χ2n) is 21.7. The molecule has 6 aliphatic heterocycles. The van der Waals surface area contributed by atoms with Crippen molar-refractivity contribution in [3.05, 3.63) is 24.3 Å². The van der Waals surface area contributed by atoms with E-state index in [1.54, 1.807) is 0 Å². The summed E-state index contributed by atoms with van der Waals surface area (Å²) in [5.41, 5.74) is -10.5. The van der Waals surface area contributed by atoms with Crippen molar-refractivity contribution in [2.75, 3.05) is 13.2 Å². The molecule has 8 aliphatic carbocycles. The van der Waals surface area contributed by atoms with E-state index in [9.17, 15) is 40.2 Å². The van der Waals surface area contributed by atoms with Crippen molar-refractivity contribution >= 4 is 17.3 Å². The summed E-state index contributed by atoms with van der Waals surface area (Å²) < 4.78 is 27.2. The number of carbonyl (C=O) groups is 3. The van der Waals surface area contributed by atoms with E-state index in [0.717, 1.165) is 0 Å². The molecule has 19 atom stereocenters. The zero-order valence-corrected chi connectivity index (χ0v) is 31.8. The Hall–Kier alpha value is -1.91. The minimum absolute atomic E-state index is 0.124. The normalized spacial score (nSPS) is 64.7. The lowest BCUT2D eigenvalue weighted by Crippen LogP contribution is -2.89. The van der Waals surface area contributed by atoms with Crippen molar-refractivity contribution in [2.24, 2.45) is 68.0 Å². The fourth-order valence-electron chi connectivity index (χ4n) is 18.2. The van der Waals surface area contributed by atoms with Gasteiger partial charge in [0, 0.05) is 23.7 Å². The van der Waals surface area contributed by atoms with Gasteiger partial charge in [-0.1, -0.05) is 40.9 Å². The third-order valence-electron chi connectivity index (χ3n) is 19.4. The maximum atomic E-state index is 16.2. The van der Waals surface area contributed by atoms with E-state index in [0.29, 0.717) is 38.5 Å². The molecular weight excluding hydrogens is 712 g/mol. The summed E-state index contributed by atoms with van der Waals surface area (Å²) in [6, 6.07) is 0. The van der Waals surface area contributed by atoms with Crippen molar-refractivity contribution in [1.82, 2.24) is 0 Å². The average molecular weight is 765 g/mol. The van der Waals surface area contributed by atoms with Crippen LogP contribution in [-0.2, 0) is 33.3 Å². The number of Topliss-reactive ketones (excluding diaryl/α,β-unsaturated/α-hetero) is 3. The molecule has 0 radical (unpaired) electrons. The van der Waals surface area contributed by atoms with Crippen molar-refractivity contribution in [3.63, 3.8) is 0 Å². The van der Waals surface area contributed by atoms with Crippen molar-refractivity contribution in [3.8, 4) is 0 Å². The summed E-state index contributed by atoms with van der Waals surface area (Å²) in [5.74, 6) is -12.4. The monoisotopic (exact) mass is 764 g/mol. The van der Waals surface area contributed by atoms with Gasteiger partial charge in [-0.2, -0.15) is 0 Å². The molecule has 55 heavy (non-hydrogen) atoms. The highest BCUT2D eigenvalue weighted by Crippen LogP contribution is 2.87. The summed E-state index contributed by atoms with van der Waals surface area (Å²) in [5, 5.41) is 73.8. The van der Waals surface area contributed by atoms with Gasteiger partial charge in [-0.15, -0.1) is 0 Å². The molecule has 14 fully saturated rings. The van der Waals surface area contributed by atoms with Crippen LogP contribution in [0.5, 0.6) is 0 Å². The number of aliphatic hydroxyl groups excluding tert-OH is 4. The molecule has 0 aromatic carbocycles. The van der Waals surface area contributed by atoms with Gasteiger partial charge in [-0.3, -0.25) is 14.4 Å². The van der Waals surface area contributed by atoms with Crippen LogP contribution in [0.15, 0.2) is 24.3 Å². The van der Waals surface area contributed by atoms with Gasteiger partial charge in [0.1, 0.15) is 34.2 Å². The Morgan fingerprint density at radius 3 is 1.78 bits per heavy atom. The van der Waals surface area contributed by atoms with E-state index in [2.05, 4.69) is 13.2 Å². The molecule has 13 heteroatoms. The van der Waals surface area contributed by atoms with Crippen LogP contribution >= 0.6 is 0 Å². The molecule has 6 saturated heterocycles. The molecule has 2 unspecified atom stereocenters. The van der Waals surface area contributed by atoms with E-state index in [4.69, 9.17) is 18.9 Å². The zero-order valence-electron chi connectivity index (χ0n) is 31.8. The zero-order chi connectivity index (χ0) is 39.1. The van der Waals surface area contributed by atoms with Crippen LogP contribution in [0.4, 0.5) is 0 Å². The number of ketones is 3. The third kappa shape index (κ3) is 2.82. The van der Waals surface area contributed by atoms with Gasteiger partial charge in [-0.25, -0.2) is 0 Å². The number of ether oxygens (including phenoxy) is 4. The molecule has 13 nitrogen and oxygen atoms in total. The van der Waals surface area contributed by atoms with Crippen molar-refractivity contribution < 1.29 is 64.0 Å². The highest BCUT2D eigenvalue weighted by Gasteiger charge is 2.99. The minimum atomic E-state index is -2.44. The first-order valence-electron chi connectivity index (χ1n) is 20.4. The first-order valence-corrected chi connectivity index (χ1v) is 20.4. The Kier molecular flexibility index (Phi) is 5.72. The number of carbonyl (C=O) groups excluding carboxylic acids is 3. The molecule has 14 rings (SSSR count). The first-order chi connectivity index (χ1) is 25.6. The molecular formula is C42H52O13. The Balaban J connectivity index is 1.06. The number of fused-ring (bicyclic) bond motifs is 4. The van der Waals surface area contributed by atoms with Crippen LogP contribution in [0.3, 0.4) is 0 Å². The lowest BCUT2D eigenvalue weighted by Gasteiger charge is -2.76. The van der Waals surface area contributed by atoms with Gasteiger partial charge in [0.05, 0.1) is 36.3 Å². The second-order valence-corrected chi connectivity index (χ2v) is 21.7. The van der Waals surface area contributed by atoms with Crippen LogP contribution in [0.2, 0.25) is 0 Å². The van der Waals surface area contributed by atoms with E-state index in [1.807, 2.05) is 27.7 Å². The van der Waals surface area contributed by atoms with Crippen LogP contribution in [0, 0.1) is 68.0 Å². The predicted octanol–water partition coefficient (Wildman–Crippen LogP) is 0.846. The summed E-state index contributed by atoms with van der Waals surface area (Å²) in [6.07, 6.45) is -3.41. The quantitative estimate of drug-likeness (QED) is 0.149. The van der Waals surface area contributed by atoms with Crippen LogP contribution < -0.4 is 0 Å². The molecule has 0 amide bonds. The van der Waals surface area contributed by atoms with Gasteiger partial charge in [0.15, 0.2) is 17.3 Å². The van der Waals surface area contributed by atoms with Gasteiger partial charge in [-0.05, 0) is 85.2 Å². The van der Waals surface area contributed by atoms with E-state index < -0.39 is 133 Å². The summed E-state index contributed by atoms with van der Waals surface area (Å²) in [4.78, 5) is 45.1. The second kappa shape index (κ2) is 8.97. The first kappa shape index (κ1) is 35.1. The Morgan fingerprint density at radius 1 is 0.636 bits per heavy atom. The van der Waals surface area contributed by atoms with Crippen molar-refractivity contribution in [1.29, 1.82) is 0 Å². The summed E-state index contributed by atoms with van der Waals surface area (Å²) in [6.45, 7) is 15.6. The maximum absolute atomic E-state index is 16.2. The molecule has 8 saturated carbocycles. The largest absolute Gasteiger partial charge is 0.391 e. The fourth-order valence-corrected chi connectivity index (χ4v) is 18.2. The molecule has 6 N–H and O–H groups in total. The topological polar surface area (TPSA) is 213 Å². The minimum Gasteiger partial charge on any atom is -0.391 e. The van der Waals surface area contributed by atoms with Gasteiger partial charge < -0.3 is 49.6 Å². The molecule has 0 aromatic rings. The Labute approximate surface area is 318 Å². The lowest BCUT2D eigenvalue weighted by molar-refractivity contribution is -0.474. The van der Waals surface area contributed by atoms with E-state index in [1.165, 1.54) is 0 Å². The standard InChI is InChI=1S/C42H52O13/c1-17-19-7-9-21-36-15-52-40(50,38(21,25(17)43)27(19)45)29(47)23(36)32(3,4)13-34(31(36)49)11-12-35-14-33(5,6)24-30(48)41(51)39-22(10-8-20(28(39)46)18(2)26(39)44)37(24,16-53-41)42(35,54-34)55-35/h19-24,27-30,45-48,50-51H,1-2,7-16H2,3-6H3/t19-,20-,21-,22-,23+,24+,27+,28+,29-,30-,34+,35+,36-,37-,38-,39-,40?,41?,42+/m0/s1. The SMILES string of the molecule is C=C1C(=O)[C@]23[C@H](O)[C@H]1CC[C@H]2[C@@]12COC3(O)[C@@H](O)[C@@H]1C(C)(C)C[C@]13CC[C@]4(CC(C)(C)[C@H]5[C@H](O)C6(O)OC[C@]5(C4=O)[C@@H]4CC[C@H]5C(=C)C(=O)[C@]46[C@@H]5O)O[C@@]12O3. The predicted molar refractivity (Wildman–Crippen MR) is 185 cm³/mol. The van der Waals surface area contributed by atoms with E-state index in [-0.39, 0.29) is 43.0 Å². The smallest absolute Gasteiger partial charge is 0.208 e. The summed E-state index contributed by atoms with van der Waals surface area (Å²) >= 11 is 0. The third-order valence-corrected chi connectivity index (χ3v) is 19.4. The molecule has 8 bridgehead atoms. The number of rotatable bonds is 0. The molecule has 14 aliphatic rings. The Bertz CT molecular complexity index is 2010. The Morgan fingerprint density at radius 2 is 1.16 bits per heavy atom. The van der Waals surface area contributed by atoms with Crippen LogP contribution in [-0.4, -0.2) is 114 Å². The molecule has 298 valence electrons. The van der Waals surface area contributed by atoms with Crippen LogP contribution in [0.25, 0.3) is 0 Å². The highest BCUT2D eigenvalue weighted by atomic mass is 16.8. The highest BCUT2D eigenvalue weighted by molar-refractivity contribution is 6.07. The van der Waals surface area contributed by atoms with E-state index >= 15 is 4.79 Å². The number of aliphatic hydroxyl groups is 6. The molecule has 6 heterocycles. The van der Waals surface area contributed by atoms with Crippen LogP contribution in [0.1, 0.15) is 79.1 Å².